The summed E-state index contributed by atoms with van der Waals surface area (Å²) in [6, 6.07) is 14.1. The third-order valence-electron chi connectivity index (χ3n) is 2.82. The SMILES string of the molecule is Cc1ccc(OCCCNCc2ccccn2)cc1. The van der Waals surface area contributed by atoms with Gasteiger partial charge in [0, 0.05) is 12.7 Å². The largest absolute Gasteiger partial charge is 0.494 e. The number of pyridine rings is 1. The number of rotatable bonds is 7. The van der Waals surface area contributed by atoms with E-state index in [2.05, 4.69) is 29.4 Å². The van der Waals surface area contributed by atoms with Gasteiger partial charge in [0.25, 0.3) is 0 Å². The Morgan fingerprint density at radius 2 is 1.95 bits per heavy atom. The van der Waals surface area contributed by atoms with E-state index >= 15 is 0 Å². The fourth-order valence-corrected chi connectivity index (χ4v) is 1.74. The second kappa shape index (κ2) is 7.54. The zero-order valence-corrected chi connectivity index (χ0v) is 11.3. The molecule has 0 aliphatic carbocycles. The van der Waals surface area contributed by atoms with Crippen molar-refractivity contribution in [1.82, 2.24) is 10.3 Å². The van der Waals surface area contributed by atoms with Crippen molar-refractivity contribution in [2.75, 3.05) is 13.2 Å². The van der Waals surface area contributed by atoms with Gasteiger partial charge in [-0.3, -0.25) is 4.98 Å². The van der Waals surface area contributed by atoms with Crippen molar-refractivity contribution in [2.24, 2.45) is 0 Å². The highest BCUT2D eigenvalue weighted by Gasteiger charge is 1.94. The van der Waals surface area contributed by atoms with Crippen LogP contribution in [0, 0.1) is 6.92 Å². The van der Waals surface area contributed by atoms with Crippen molar-refractivity contribution in [1.29, 1.82) is 0 Å². The lowest BCUT2D eigenvalue weighted by Crippen LogP contribution is -2.17. The van der Waals surface area contributed by atoms with Gasteiger partial charge in [-0.15, -0.1) is 0 Å². The Labute approximate surface area is 114 Å². The van der Waals surface area contributed by atoms with Crippen LogP contribution in [0.1, 0.15) is 17.7 Å². The highest BCUT2D eigenvalue weighted by Crippen LogP contribution is 2.11. The summed E-state index contributed by atoms with van der Waals surface area (Å²) < 4.78 is 5.66. The number of hydrogen-bond acceptors (Lipinski definition) is 3. The Kier molecular flexibility index (Phi) is 5.38. The van der Waals surface area contributed by atoms with Crippen LogP contribution in [0.3, 0.4) is 0 Å². The van der Waals surface area contributed by atoms with Gasteiger partial charge in [-0.05, 0) is 44.2 Å². The van der Waals surface area contributed by atoms with Crippen molar-refractivity contribution in [3.63, 3.8) is 0 Å². The fraction of sp³-hybridized carbons (Fsp3) is 0.312. The minimum absolute atomic E-state index is 0.734. The summed E-state index contributed by atoms with van der Waals surface area (Å²) in [5.74, 6) is 0.940. The molecule has 2 rings (SSSR count). The molecule has 1 N–H and O–H groups in total. The first kappa shape index (κ1) is 13.6. The summed E-state index contributed by atoms with van der Waals surface area (Å²) in [4.78, 5) is 4.26. The van der Waals surface area contributed by atoms with Gasteiger partial charge >= 0.3 is 0 Å². The third kappa shape index (κ3) is 5.10. The van der Waals surface area contributed by atoms with Gasteiger partial charge in [-0.2, -0.15) is 0 Å². The van der Waals surface area contributed by atoms with Gasteiger partial charge in [-0.1, -0.05) is 23.8 Å². The van der Waals surface area contributed by atoms with E-state index in [1.54, 1.807) is 0 Å². The fourth-order valence-electron chi connectivity index (χ4n) is 1.74. The maximum absolute atomic E-state index is 5.66. The summed E-state index contributed by atoms with van der Waals surface area (Å²) in [5, 5.41) is 3.35. The first-order chi connectivity index (χ1) is 9.34. The Hall–Kier alpha value is -1.87. The summed E-state index contributed by atoms with van der Waals surface area (Å²) in [6.45, 7) is 4.55. The molecule has 0 bridgehead atoms. The average Bonchev–Trinajstić information content (AvgIpc) is 2.46. The smallest absolute Gasteiger partial charge is 0.119 e. The maximum Gasteiger partial charge on any atom is 0.119 e. The molecule has 0 amide bonds. The zero-order valence-electron chi connectivity index (χ0n) is 11.3. The lowest BCUT2D eigenvalue weighted by atomic mass is 10.2. The molecule has 0 saturated heterocycles. The molecule has 0 fully saturated rings. The third-order valence-corrected chi connectivity index (χ3v) is 2.82. The lowest BCUT2D eigenvalue weighted by molar-refractivity contribution is 0.308. The van der Waals surface area contributed by atoms with Gasteiger partial charge in [0.15, 0.2) is 0 Å². The number of aromatic nitrogens is 1. The van der Waals surface area contributed by atoms with Gasteiger partial charge in [0.05, 0.1) is 12.3 Å². The zero-order chi connectivity index (χ0) is 13.3. The number of aryl methyl sites for hydroxylation is 1. The summed E-state index contributed by atoms with van der Waals surface area (Å²) in [7, 11) is 0. The molecule has 0 spiro atoms. The minimum Gasteiger partial charge on any atom is -0.494 e. The molecule has 2 aromatic rings. The highest BCUT2D eigenvalue weighted by molar-refractivity contribution is 5.26. The number of benzene rings is 1. The molecule has 100 valence electrons. The van der Waals surface area contributed by atoms with Crippen LogP contribution < -0.4 is 10.1 Å². The highest BCUT2D eigenvalue weighted by atomic mass is 16.5. The standard InChI is InChI=1S/C16H20N2O/c1-14-6-8-16(9-7-14)19-12-4-10-17-13-15-5-2-3-11-18-15/h2-3,5-9,11,17H,4,10,12-13H2,1H3. The lowest BCUT2D eigenvalue weighted by Gasteiger charge is -2.07. The molecule has 0 saturated carbocycles. The predicted molar refractivity (Wildman–Crippen MR) is 77.2 cm³/mol. The van der Waals surface area contributed by atoms with E-state index in [0.29, 0.717) is 0 Å². The van der Waals surface area contributed by atoms with Gasteiger partial charge < -0.3 is 10.1 Å². The molecule has 3 heteroatoms. The molecule has 19 heavy (non-hydrogen) atoms. The van der Waals surface area contributed by atoms with Gasteiger partial charge in [-0.25, -0.2) is 0 Å². The topological polar surface area (TPSA) is 34.1 Å². The molecular formula is C16H20N2O. The molecule has 0 radical (unpaired) electrons. The summed E-state index contributed by atoms with van der Waals surface area (Å²) in [6.07, 6.45) is 2.80. The number of ether oxygens (including phenoxy) is 1. The summed E-state index contributed by atoms with van der Waals surface area (Å²) in [5.41, 5.74) is 2.33. The van der Waals surface area contributed by atoms with Crippen LogP contribution in [0.15, 0.2) is 48.7 Å². The second-order valence-corrected chi connectivity index (χ2v) is 4.51. The quantitative estimate of drug-likeness (QED) is 0.773. The Bertz CT molecular complexity index is 468. The van der Waals surface area contributed by atoms with Crippen LogP contribution in [0.5, 0.6) is 5.75 Å². The van der Waals surface area contributed by atoms with E-state index in [1.165, 1.54) is 5.56 Å². The van der Waals surface area contributed by atoms with Crippen molar-refractivity contribution in [3.05, 3.63) is 59.9 Å². The molecule has 0 aliphatic rings. The first-order valence-electron chi connectivity index (χ1n) is 6.65. The monoisotopic (exact) mass is 256 g/mol. The van der Waals surface area contributed by atoms with Crippen LogP contribution in [0.4, 0.5) is 0 Å². The van der Waals surface area contributed by atoms with Crippen molar-refractivity contribution in [3.8, 4) is 5.75 Å². The molecule has 1 aromatic heterocycles. The normalized spacial score (nSPS) is 10.4. The van der Waals surface area contributed by atoms with E-state index in [1.807, 2.05) is 36.5 Å². The molecule has 1 aromatic carbocycles. The van der Waals surface area contributed by atoms with Gasteiger partial charge in [0.1, 0.15) is 5.75 Å². The van der Waals surface area contributed by atoms with Crippen LogP contribution in [-0.2, 0) is 6.54 Å². The van der Waals surface area contributed by atoms with Crippen LogP contribution >= 0.6 is 0 Å². The van der Waals surface area contributed by atoms with E-state index in [9.17, 15) is 0 Å². The van der Waals surface area contributed by atoms with Gasteiger partial charge in [0.2, 0.25) is 0 Å². The Morgan fingerprint density at radius 1 is 1.11 bits per heavy atom. The minimum atomic E-state index is 0.734. The average molecular weight is 256 g/mol. The molecule has 3 nitrogen and oxygen atoms in total. The van der Waals surface area contributed by atoms with Crippen molar-refractivity contribution < 1.29 is 4.74 Å². The molecule has 1 heterocycles. The van der Waals surface area contributed by atoms with Crippen molar-refractivity contribution in [2.45, 2.75) is 19.9 Å². The summed E-state index contributed by atoms with van der Waals surface area (Å²) >= 11 is 0. The van der Waals surface area contributed by atoms with Crippen LogP contribution in [-0.4, -0.2) is 18.1 Å². The van der Waals surface area contributed by atoms with E-state index in [0.717, 1.165) is 37.6 Å². The molecule has 0 aliphatic heterocycles. The molecular weight excluding hydrogens is 236 g/mol. The Balaban J connectivity index is 1.56. The number of hydrogen-bond donors (Lipinski definition) is 1. The first-order valence-corrected chi connectivity index (χ1v) is 6.65. The Morgan fingerprint density at radius 3 is 2.68 bits per heavy atom. The van der Waals surface area contributed by atoms with Crippen molar-refractivity contribution >= 4 is 0 Å². The maximum atomic E-state index is 5.66. The van der Waals surface area contributed by atoms with E-state index < -0.39 is 0 Å². The van der Waals surface area contributed by atoms with E-state index in [-0.39, 0.29) is 0 Å². The molecule has 0 atom stereocenters. The van der Waals surface area contributed by atoms with E-state index in [4.69, 9.17) is 4.74 Å². The predicted octanol–water partition coefficient (Wildman–Crippen LogP) is 2.95. The number of nitrogens with one attached hydrogen (secondary N) is 1. The number of nitrogens with zero attached hydrogens (tertiary/aromatic N) is 1. The molecule has 0 unspecified atom stereocenters. The second-order valence-electron chi connectivity index (χ2n) is 4.51. The van der Waals surface area contributed by atoms with Crippen LogP contribution in [0.2, 0.25) is 0 Å². The van der Waals surface area contributed by atoms with Crippen LogP contribution in [0.25, 0.3) is 0 Å².